The van der Waals surface area contributed by atoms with Crippen molar-refractivity contribution in [3.63, 3.8) is 0 Å². The van der Waals surface area contributed by atoms with E-state index in [0.29, 0.717) is 5.92 Å². The summed E-state index contributed by atoms with van der Waals surface area (Å²) in [5.41, 5.74) is 6.57. The van der Waals surface area contributed by atoms with Gasteiger partial charge in [-0.25, -0.2) is 13.2 Å². The third kappa shape index (κ3) is 1.53. The fraction of sp³-hybridized carbons (Fsp3) is 0.250. The Balaban J connectivity index is 2.35. The molecule has 0 amide bonds. The number of benzene rings is 1. The van der Waals surface area contributed by atoms with Crippen LogP contribution in [0.3, 0.4) is 0 Å². The van der Waals surface area contributed by atoms with Crippen LogP contribution in [0.25, 0.3) is 10.9 Å². The molecule has 3 rings (SSSR count). The van der Waals surface area contributed by atoms with Gasteiger partial charge in [-0.3, -0.25) is 4.98 Å². The second-order valence-corrected chi connectivity index (χ2v) is 4.29. The predicted molar refractivity (Wildman–Crippen MR) is 58.0 cm³/mol. The van der Waals surface area contributed by atoms with Crippen LogP contribution in [0.2, 0.25) is 0 Å². The van der Waals surface area contributed by atoms with Crippen molar-refractivity contribution < 1.29 is 13.2 Å². The van der Waals surface area contributed by atoms with Crippen LogP contribution in [0.15, 0.2) is 12.1 Å². The Morgan fingerprint density at radius 3 is 2.47 bits per heavy atom. The molecular weight excluding hydrogens is 229 g/mol. The zero-order valence-electron chi connectivity index (χ0n) is 8.80. The van der Waals surface area contributed by atoms with Gasteiger partial charge < -0.3 is 5.73 Å². The fourth-order valence-corrected chi connectivity index (χ4v) is 1.94. The number of hydrogen-bond acceptors (Lipinski definition) is 2. The van der Waals surface area contributed by atoms with Crippen LogP contribution < -0.4 is 5.73 Å². The van der Waals surface area contributed by atoms with E-state index in [1.807, 2.05) is 0 Å². The summed E-state index contributed by atoms with van der Waals surface area (Å²) < 4.78 is 39.7. The number of nitrogens with two attached hydrogens (primary N) is 1. The lowest BCUT2D eigenvalue weighted by Crippen LogP contribution is -2.00. The lowest BCUT2D eigenvalue weighted by Gasteiger charge is -2.07. The van der Waals surface area contributed by atoms with Crippen molar-refractivity contribution in [2.24, 2.45) is 0 Å². The molecule has 17 heavy (non-hydrogen) atoms. The average Bonchev–Trinajstić information content (AvgIpc) is 3.08. The molecule has 2 N–H and O–H groups in total. The molecule has 2 aromatic rings. The number of nitrogen functional groups attached to an aromatic ring is 1. The van der Waals surface area contributed by atoms with Crippen LogP contribution in [-0.4, -0.2) is 4.98 Å². The van der Waals surface area contributed by atoms with Crippen molar-refractivity contribution in [3.05, 3.63) is 35.3 Å². The van der Waals surface area contributed by atoms with Crippen LogP contribution in [0.5, 0.6) is 0 Å². The number of halogens is 3. The van der Waals surface area contributed by atoms with Gasteiger partial charge in [-0.2, -0.15) is 0 Å². The Labute approximate surface area is 95.3 Å². The molecular formula is C12H9F3N2. The number of anilines is 1. The van der Waals surface area contributed by atoms with Crippen LogP contribution in [0, 0.1) is 17.5 Å². The minimum atomic E-state index is -1.51. The molecule has 0 atom stereocenters. The summed E-state index contributed by atoms with van der Waals surface area (Å²) in [5.74, 6) is -3.70. The molecule has 5 heteroatoms. The standard InChI is InChI=1S/C12H9F3N2/c13-6-3-9-10(12(15)11(6)14)7(16)4-8(17-9)5-1-2-5/h3-5H,1-2H2,(H2,16,17). The number of pyridine rings is 1. The van der Waals surface area contributed by atoms with Crippen molar-refractivity contribution in [2.45, 2.75) is 18.8 Å². The third-order valence-corrected chi connectivity index (χ3v) is 2.98. The molecule has 1 aromatic carbocycles. The van der Waals surface area contributed by atoms with Crippen molar-refractivity contribution in [2.75, 3.05) is 5.73 Å². The van der Waals surface area contributed by atoms with Crippen LogP contribution in [0.1, 0.15) is 24.5 Å². The van der Waals surface area contributed by atoms with E-state index in [1.54, 1.807) is 6.07 Å². The van der Waals surface area contributed by atoms with E-state index in [4.69, 9.17) is 5.73 Å². The topological polar surface area (TPSA) is 38.9 Å². The van der Waals surface area contributed by atoms with Crippen LogP contribution in [-0.2, 0) is 0 Å². The molecule has 88 valence electrons. The van der Waals surface area contributed by atoms with E-state index < -0.39 is 17.5 Å². The van der Waals surface area contributed by atoms with E-state index in [1.165, 1.54) is 0 Å². The van der Waals surface area contributed by atoms with E-state index >= 15 is 0 Å². The molecule has 1 aliphatic rings. The molecule has 0 bridgehead atoms. The monoisotopic (exact) mass is 238 g/mol. The SMILES string of the molecule is Nc1cc(C2CC2)nc2cc(F)c(F)c(F)c12. The number of hydrogen-bond donors (Lipinski definition) is 1. The van der Waals surface area contributed by atoms with E-state index in [9.17, 15) is 13.2 Å². The summed E-state index contributed by atoms with van der Waals surface area (Å²) in [6.45, 7) is 0. The van der Waals surface area contributed by atoms with Crippen LogP contribution >= 0.6 is 0 Å². The molecule has 1 aliphatic carbocycles. The molecule has 2 nitrogen and oxygen atoms in total. The van der Waals surface area contributed by atoms with Crippen molar-refractivity contribution in [1.29, 1.82) is 0 Å². The first-order valence-corrected chi connectivity index (χ1v) is 5.31. The smallest absolute Gasteiger partial charge is 0.195 e. The maximum atomic E-state index is 13.5. The number of aromatic nitrogens is 1. The van der Waals surface area contributed by atoms with E-state index in [2.05, 4.69) is 4.98 Å². The molecule has 1 fully saturated rings. The summed E-state index contributed by atoms with van der Waals surface area (Å²) >= 11 is 0. The largest absolute Gasteiger partial charge is 0.398 e. The summed E-state index contributed by atoms with van der Waals surface area (Å²) in [7, 11) is 0. The van der Waals surface area contributed by atoms with Gasteiger partial charge in [-0.15, -0.1) is 0 Å². The Morgan fingerprint density at radius 2 is 1.82 bits per heavy atom. The maximum absolute atomic E-state index is 13.5. The highest BCUT2D eigenvalue weighted by Crippen LogP contribution is 2.41. The molecule has 0 radical (unpaired) electrons. The molecule has 0 aliphatic heterocycles. The molecule has 1 aromatic heterocycles. The van der Waals surface area contributed by atoms with Gasteiger partial charge in [0.15, 0.2) is 17.5 Å². The maximum Gasteiger partial charge on any atom is 0.195 e. The lowest BCUT2D eigenvalue weighted by atomic mass is 10.1. The molecule has 0 spiro atoms. The van der Waals surface area contributed by atoms with Crippen molar-refractivity contribution in [1.82, 2.24) is 4.98 Å². The molecule has 1 saturated carbocycles. The quantitative estimate of drug-likeness (QED) is 0.775. The second kappa shape index (κ2) is 3.35. The van der Waals surface area contributed by atoms with Gasteiger partial charge in [0, 0.05) is 23.4 Å². The first kappa shape index (κ1) is 10.4. The van der Waals surface area contributed by atoms with Gasteiger partial charge >= 0.3 is 0 Å². The number of fused-ring (bicyclic) bond motifs is 1. The number of nitrogens with zero attached hydrogens (tertiary/aromatic N) is 1. The molecule has 1 heterocycles. The Kier molecular flexibility index (Phi) is 2.05. The van der Waals surface area contributed by atoms with Crippen molar-refractivity contribution >= 4 is 16.6 Å². The first-order valence-electron chi connectivity index (χ1n) is 5.31. The summed E-state index contributed by atoms with van der Waals surface area (Å²) in [6, 6.07) is 2.43. The minimum Gasteiger partial charge on any atom is -0.398 e. The van der Waals surface area contributed by atoms with Gasteiger partial charge in [0.1, 0.15) is 0 Å². The highest BCUT2D eigenvalue weighted by atomic mass is 19.2. The van der Waals surface area contributed by atoms with Crippen LogP contribution in [0.4, 0.5) is 18.9 Å². The average molecular weight is 238 g/mol. The van der Waals surface area contributed by atoms with E-state index in [-0.39, 0.29) is 16.6 Å². The molecule has 0 unspecified atom stereocenters. The van der Waals surface area contributed by atoms with Gasteiger partial charge in [-0.05, 0) is 18.9 Å². The van der Waals surface area contributed by atoms with E-state index in [0.717, 1.165) is 24.6 Å². The summed E-state index contributed by atoms with van der Waals surface area (Å²) in [5, 5.41) is -0.145. The highest BCUT2D eigenvalue weighted by Gasteiger charge is 2.27. The minimum absolute atomic E-state index is 0.0725. The Bertz CT molecular complexity index is 621. The van der Waals surface area contributed by atoms with Crippen molar-refractivity contribution in [3.8, 4) is 0 Å². The lowest BCUT2D eigenvalue weighted by molar-refractivity contribution is 0.453. The second-order valence-electron chi connectivity index (χ2n) is 4.29. The Hall–Kier alpha value is -1.78. The first-order chi connectivity index (χ1) is 8.08. The predicted octanol–water partition coefficient (Wildman–Crippen LogP) is 3.11. The zero-order valence-corrected chi connectivity index (χ0v) is 8.80. The van der Waals surface area contributed by atoms with Gasteiger partial charge in [0.25, 0.3) is 0 Å². The summed E-state index contributed by atoms with van der Waals surface area (Å²) in [6.07, 6.45) is 2.01. The fourth-order valence-electron chi connectivity index (χ4n) is 1.94. The third-order valence-electron chi connectivity index (χ3n) is 2.98. The van der Waals surface area contributed by atoms with Gasteiger partial charge in [0.2, 0.25) is 0 Å². The number of rotatable bonds is 1. The van der Waals surface area contributed by atoms with Gasteiger partial charge in [-0.1, -0.05) is 0 Å². The normalized spacial score (nSPS) is 15.5. The zero-order chi connectivity index (χ0) is 12.2. The highest BCUT2D eigenvalue weighted by molar-refractivity contribution is 5.91. The van der Waals surface area contributed by atoms with Gasteiger partial charge in [0.05, 0.1) is 10.9 Å². The summed E-state index contributed by atoms with van der Waals surface area (Å²) in [4.78, 5) is 4.13. The molecule has 0 saturated heterocycles. The Morgan fingerprint density at radius 1 is 1.12 bits per heavy atom.